The first kappa shape index (κ1) is 12.3. The van der Waals surface area contributed by atoms with E-state index in [1.54, 1.807) is 0 Å². The van der Waals surface area contributed by atoms with Gasteiger partial charge in [0.2, 0.25) is 0 Å². The van der Waals surface area contributed by atoms with Gasteiger partial charge in [0.05, 0.1) is 5.69 Å². The molecular weight excluding hydrogens is 256 g/mol. The molecule has 0 aliphatic heterocycles. The molecule has 102 valence electrons. The number of aryl methyl sites for hydroxylation is 1. The summed E-state index contributed by atoms with van der Waals surface area (Å²) < 4.78 is 2.02. The molecule has 3 rings (SSSR count). The van der Waals surface area contributed by atoms with Gasteiger partial charge in [0.15, 0.2) is 5.82 Å². The van der Waals surface area contributed by atoms with E-state index in [2.05, 4.69) is 10.2 Å². The molecule has 0 bridgehead atoms. The van der Waals surface area contributed by atoms with Gasteiger partial charge in [0.1, 0.15) is 5.56 Å². The Bertz CT molecular complexity index is 829. The quantitative estimate of drug-likeness (QED) is 0.664. The number of fused-ring (bicyclic) bond motifs is 1. The van der Waals surface area contributed by atoms with E-state index in [4.69, 9.17) is 5.73 Å². The Labute approximate surface area is 114 Å². The molecule has 0 atom stereocenters. The molecule has 0 aliphatic carbocycles. The van der Waals surface area contributed by atoms with Gasteiger partial charge >= 0.3 is 5.97 Å². The maximum absolute atomic E-state index is 11.4. The summed E-state index contributed by atoms with van der Waals surface area (Å²) in [5.74, 6) is -1.08. The molecule has 2 aromatic heterocycles. The van der Waals surface area contributed by atoms with E-state index in [0.717, 1.165) is 22.2 Å². The van der Waals surface area contributed by atoms with Crippen LogP contribution in [0.3, 0.4) is 0 Å². The summed E-state index contributed by atoms with van der Waals surface area (Å²) in [6.07, 6.45) is 0. The Morgan fingerprint density at radius 2 is 2.10 bits per heavy atom. The van der Waals surface area contributed by atoms with Crippen LogP contribution in [-0.4, -0.2) is 25.8 Å². The fourth-order valence-corrected chi connectivity index (χ4v) is 2.59. The zero-order chi connectivity index (χ0) is 14.4. The van der Waals surface area contributed by atoms with Crippen molar-refractivity contribution in [1.29, 1.82) is 0 Å². The highest BCUT2D eigenvalue weighted by Crippen LogP contribution is 2.35. The number of carboxylic acid groups (broad SMARTS) is 1. The van der Waals surface area contributed by atoms with E-state index in [0.29, 0.717) is 5.69 Å². The molecule has 2 heterocycles. The van der Waals surface area contributed by atoms with E-state index >= 15 is 0 Å². The summed E-state index contributed by atoms with van der Waals surface area (Å²) in [6, 6.07) is 7.82. The van der Waals surface area contributed by atoms with Gasteiger partial charge in [0.25, 0.3) is 0 Å². The molecule has 0 fully saturated rings. The number of anilines is 1. The number of para-hydroxylation sites is 1. The molecule has 0 saturated heterocycles. The van der Waals surface area contributed by atoms with Crippen LogP contribution in [0.25, 0.3) is 22.2 Å². The lowest BCUT2D eigenvalue weighted by molar-refractivity contribution is 0.0699. The monoisotopic (exact) mass is 270 g/mol. The summed E-state index contributed by atoms with van der Waals surface area (Å²) in [7, 11) is 1.95. The van der Waals surface area contributed by atoms with Crippen molar-refractivity contribution < 1.29 is 9.90 Å². The number of hydrogen-bond acceptors (Lipinski definition) is 3. The number of benzene rings is 1. The van der Waals surface area contributed by atoms with Gasteiger partial charge in [-0.15, -0.1) is 0 Å². The van der Waals surface area contributed by atoms with Gasteiger partial charge in [-0.3, -0.25) is 5.10 Å². The van der Waals surface area contributed by atoms with E-state index in [-0.39, 0.29) is 11.4 Å². The second kappa shape index (κ2) is 4.12. The van der Waals surface area contributed by atoms with Crippen LogP contribution in [0.2, 0.25) is 0 Å². The summed E-state index contributed by atoms with van der Waals surface area (Å²) in [5, 5.41) is 16.9. The van der Waals surface area contributed by atoms with Crippen LogP contribution in [0.5, 0.6) is 0 Å². The number of rotatable bonds is 2. The predicted molar refractivity (Wildman–Crippen MR) is 76.6 cm³/mol. The standard InChI is InChI=1S/C14H14N4O2/c1-7-10(8-5-3-4-6-9(8)18(7)2)12-11(14(19)20)13(15)17-16-12/h3-6H,1-2H3,(H,19,20)(H3,15,16,17). The topological polar surface area (TPSA) is 96.9 Å². The predicted octanol–water partition coefficient (Wildman–Crippen LogP) is 2.16. The second-order valence-corrected chi connectivity index (χ2v) is 4.70. The van der Waals surface area contributed by atoms with Crippen molar-refractivity contribution in [2.45, 2.75) is 6.92 Å². The zero-order valence-corrected chi connectivity index (χ0v) is 11.1. The number of aromatic nitrogens is 3. The fourth-order valence-electron chi connectivity index (χ4n) is 2.59. The van der Waals surface area contributed by atoms with Gasteiger partial charge in [0, 0.05) is 29.2 Å². The summed E-state index contributed by atoms with van der Waals surface area (Å²) >= 11 is 0. The third kappa shape index (κ3) is 1.51. The van der Waals surface area contributed by atoms with Crippen LogP contribution in [0.1, 0.15) is 16.1 Å². The lowest BCUT2D eigenvalue weighted by Crippen LogP contribution is -2.02. The van der Waals surface area contributed by atoms with Gasteiger partial charge in [-0.25, -0.2) is 4.79 Å². The van der Waals surface area contributed by atoms with Crippen molar-refractivity contribution >= 4 is 22.7 Å². The molecular formula is C14H14N4O2. The molecule has 0 aliphatic rings. The van der Waals surface area contributed by atoms with Gasteiger partial charge in [-0.2, -0.15) is 5.10 Å². The molecule has 1 aromatic carbocycles. The minimum atomic E-state index is -1.08. The maximum Gasteiger partial charge on any atom is 0.341 e. The highest BCUT2D eigenvalue weighted by atomic mass is 16.4. The fraction of sp³-hybridized carbons (Fsp3) is 0.143. The Balaban J connectivity index is 2.42. The van der Waals surface area contributed by atoms with Crippen molar-refractivity contribution in [3.05, 3.63) is 35.5 Å². The SMILES string of the molecule is Cc1c(-c2[nH]nc(N)c2C(=O)O)c2ccccc2n1C. The molecule has 0 unspecified atom stereocenters. The molecule has 0 spiro atoms. The second-order valence-electron chi connectivity index (χ2n) is 4.70. The van der Waals surface area contributed by atoms with Crippen LogP contribution in [0.15, 0.2) is 24.3 Å². The Kier molecular flexibility index (Phi) is 2.53. The minimum Gasteiger partial charge on any atom is -0.477 e. The van der Waals surface area contributed by atoms with Crippen LogP contribution in [0, 0.1) is 6.92 Å². The molecule has 3 aromatic rings. The number of aromatic carboxylic acids is 1. The number of carboxylic acids is 1. The third-order valence-electron chi connectivity index (χ3n) is 3.66. The number of H-pyrrole nitrogens is 1. The molecule has 20 heavy (non-hydrogen) atoms. The molecule has 0 amide bonds. The lowest BCUT2D eigenvalue weighted by Gasteiger charge is -2.02. The Morgan fingerprint density at radius 1 is 1.40 bits per heavy atom. The molecule has 4 N–H and O–H groups in total. The Morgan fingerprint density at radius 3 is 2.80 bits per heavy atom. The number of nitrogen functional groups attached to an aromatic ring is 1. The van der Waals surface area contributed by atoms with Gasteiger partial charge in [-0.1, -0.05) is 18.2 Å². The number of carbonyl (C=O) groups is 1. The maximum atomic E-state index is 11.4. The van der Waals surface area contributed by atoms with Crippen molar-refractivity contribution in [1.82, 2.24) is 14.8 Å². The van der Waals surface area contributed by atoms with E-state index in [9.17, 15) is 9.90 Å². The summed E-state index contributed by atoms with van der Waals surface area (Å²) in [4.78, 5) is 11.4. The molecule has 6 nitrogen and oxygen atoms in total. The third-order valence-corrected chi connectivity index (χ3v) is 3.66. The van der Waals surface area contributed by atoms with E-state index in [1.165, 1.54) is 0 Å². The van der Waals surface area contributed by atoms with Crippen molar-refractivity contribution in [2.24, 2.45) is 7.05 Å². The summed E-state index contributed by atoms with van der Waals surface area (Å²) in [5.41, 5.74) is 8.93. The van der Waals surface area contributed by atoms with Gasteiger partial charge < -0.3 is 15.4 Å². The largest absolute Gasteiger partial charge is 0.477 e. The van der Waals surface area contributed by atoms with E-state index < -0.39 is 5.97 Å². The zero-order valence-electron chi connectivity index (χ0n) is 11.1. The Hall–Kier alpha value is -2.76. The number of hydrogen-bond donors (Lipinski definition) is 3. The van der Waals surface area contributed by atoms with Crippen LogP contribution in [0.4, 0.5) is 5.82 Å². The lowest BCUT2D eigenvalue weighted by atomic mass is 10.0. The highest BCUT2D eigenvalue weighted by molar-refractivity contribution is 6.05. The molecule has 0 saturated carbocycles. The molecule has 6 heteroatoms. The highest BCUT2D eigenvalue weighted by Gasteiger charge is 2.23. The molecule has 0 radical (unpaired) electrons. The number of nitrogens with zero attached hydrogens (tertiary/aromatic N) is 2. The average Bonchev–Trinajstić information content (AvgIpc) is 2.90. The first-order valence-corrected chi connectivity index (χ1v) is 6.14. The normalized spacial score (nSPS) is 11.1. The minimum absolute atomic E-state index is 0.000154. The van der Waals surface area contributed by atoms with Crippen molar-refractivity contribution in [3.63, 3.8) is 0 Å². The average molecular weight is 270 g/mol. The van der Waals surface area contributed by atoms with Crippen molar-refractivity contribution in [3.8, 4) is 11.3 Å². The number of nitrogens with one attached hydrogen (secondary N) is 1. The summed E-state index contributed by atoms with van der Waals surface area (Å²) in [6.45, 7) is 1.94. The smallest absolute Gasteiger partial charge is 0.341 e. The van der Waals surface area contributed by atoms with Crippen molar-refractivity contribution in [2.75, 3.05) is 5.73 Å². The van der Waals surface area contributed by atoms with Crippen LogP contribution in [-0.2, 0) is 7.05 Å². The number of aromatic amines is 1. The van der Waals surface area contributed by atoms with Crippen LogP contribution < -0.4 is 5.73 Å². The van der Waals surface area contributed by atoms with Crippen LogP contribution >= 0.6 is 0 Å². The number of nitrogens with two attached hydrogens (primary N) is 1. The first-order chi connectivity index (χ1) is 9.52. The first-order valence-electron chi connectivity index (χ1n) is 6.14. The van der Waals surface area contributed by atoms with Gasteiger partial charge in [-0.05, 0) is 13.0 Å². The van der Waals surface area contributed by atoms with E-state index in [1.807, 2.05) is 42.8 Å².